The molecule has 1 atom stereocenters. The molecule has 2 N–H and O–H groups in total. The molecule has 0 bridgehead atoms. The quantitative estimate of drug-likeness (QED) is 0.776. The van der Waals surface area contributed by atoms with Crippen LogP contribution in [0.15, 0.2) is 11.1 Å². The van der Waals surface area contributed by atoms with Crippen LogP contribution in [0, 0.1) is 11.3 Å². The Morgan fingerprint density at radius 1 is 1.35 bits per heavy atom. The fourth-order valence-corrected chi connectivity index (χ4v) is 2.44. The molecule has 0 saturated carbocycles. The van der Waals surface area contributed by atoms with Gasteiger partial charge in [-0.1, -0.05) is 42.8 Å². The summed E-state index contributed by atoms with van der Waals surface area (Å²) in [5, 5.41) is 4.30. The third-order valence-electron chi connectivity index (χ3n) is 3.19. The molecular weight excluding hydrogens is 288 g/mol. The summed E-state index contributed by atoms with van der Waals surface area (Å²) in [7, 11) is 0. The fourth-order valence-electron chi connectivity index (χ4n) is 2.00. The number of carbonyl (C=O) groups excluding carboxylic acids is 3. The second-order valence-electron chi connectivity index (χ2n) is 4.21. The summed E-state index contributed by atoms with van der Waals surface area (Å²) < 4.78 is 0.553. The zero-order chi connectivity index (χ0) is 13.2. The zero-order valence-electron chi connectivity index (χ0n) is 9.80. The van der Waals surface area contributed by atoms with E-state index in [0.717, 1.165) is 0 Å². The first-order chi connectivity index (χ1) is 7.84. The monoisotopic (exact) mass is 302 g/mol. The van der Waals surface area contributed by atoms with E-state index in [0.29, 0.717) is 10.9 Å². The van der Waals surface area contributed by atoms with Gasteiger partial charge in [-0.05, 0) is 10.4 Å². The Balaban J connectivity index is 3.20. The van der Waals surface area contributed by atoms with Crippen molar-refractivity contribution in [2.45, 2.75) is 26.7 Å². The van der Waals surface area contributed by atoms with Gasteiger partial charge in [0.05, 0.1) is 0 Å². The highest BCUT2D eigenvalue weighted by Crippen LogP contribution is 2.39. The molecule has 0 radical (unpaired) electrons. The van der Waals surface area contributed by atoms with Gasteiger partial charge in [-0.2, -0.15) is 0 Å². The molecule has 6 heteroatoms. The van der Waals surface area contributed by atoms with Gasteiger partial charge in [0.2, 0.25) is 11.8 Å². The van der Waals surface area contributed by atoms with Crippen molar-refractivity contribution in [3.05, 3.63) is 11.1 Å². The Morgan fingerprint density at radius 2 is 1.82 bits per heavy atom. The average Bonchev–Trinajstić information content (AvgIpc) is 2.22. The van der Waals surface area contributed by atoms with Crippen molar-refractivity contribution < 1.29 is 14.4 Å². The number of hydrogen-bond donors (Lipinski definition) is 2. The Labute approximate surface area is 108 Å². The molecule has 4 amide bonds. The number of barbiturate groups is 1. The smallest absolute Gasteiger partial charge is 0.277 e. The maximum absolute atomic E-state index is 12.0. The summed E-state index contributed by atoms with van der Waals surface area (Å²) in [5.41, 5.74) is -1.26. The van der Waals surface area contributed by atoms with E-state index in [1.54, 1.807) is 0 Å². The van der Waals surface area contributed by atoms with E-state index >= 15 is 0 Å². The number of carbonyl (C=O) groups is 3. The van der Waals surface area contributed by atoms with E-state index in [1.807, 2.05) is 13.8 Å². The first-order valence-electron chi connectivity index (χ1n) is 5.34. The molecule has 5 nitrogen and oxygen atoms in total. The minimum absolute atomic E-state index is 0.174. The standard InChI is InChI=1S/C11H15BrN2O3/c1-4-6(2)11(5-7(3)12)8(15)13-10(17)14-9(11)16/h6H,3-5H2,1-2H3,(H2,13,14,15,16,17)/t6-/m1/s1. The highest BCUT2D eigenvalue weighted by molar-refractivity contribution is 9.11. The van der Waals surface area contributed by atoms with Crippen LogP contribution in [0.5, 0.6) is 0 Å². The molecule has 1 heterocycles. The molecule has 1 rings (SSSR count). The predicted octanol–water partition coefficient (Wildman–Crippen LogP) is 1.68. The van der Waals surface area contributed by atoms with Gasteiger partial charge >= 0.3 is 6.03 Å². The van der Waals surface area contributed by atoms with Crippen LogP contribution >= 0.6 is 15.9 Å². The Kier molecular flexibility index (Phi) is 4.08. The summed E-state index contributed by atoms with van der Waals surface area (Å²) in [6.45, 7) is 7.37. The topological polar surface area (TPSA) is 75.3 Å². The second-order valence-corrected chi connectivity index (χ2v) is 5.33. The van der Waals surface area contributed by atoms with Gasteiger partial charge in [0, 0.05) is 6.42 Å². The van der Waals surface area contributed by atoms with Crippen LogP contribution in [0.1, 0.15) is 26.7 Å². The van der Waals surface area contributed by atoms with Crippen molar-refractivity contribution in [2.75, 3.05) is 0 Å². The van der Waals surface area contributed by atoms with Crippen LogP contribution in [0.2, 0.25) is 0 Å². The van der Waals surface area contributed by atoms with Crippen molar-refractivity contribution in [3.63, 3.8) is 0 Å². The van der Waals surface area contributed by atoms with Crippen molar-refractivity contribution in [1.82, 2.24) is 10.6 Å². The zero-order valence-corrected chi connectivity index (χ0v) is 11.4. The minimum atomic E-state index is -1.26. The summed E-state index contributed by atoms with van der Waals surface area (Å²) in [6.07, 6.45) is 0.822. The largest absolute Gasteiger partial charge is 0.328 e. The summed E-state index contributed by atoms with van der Waals surface area (Å²) in [6, 6.07) is -0.765. The van der Waals surface area contributed by atoms with Crippen molar-refractivity contribution in [1.29, 1.82) is 0 Å². The molecule has 0 aromatic rings. The van der Waals surface area contributed by atoms with Gasteiger partial charge in [-0.3, -0.25) is 20.2 Å². The van der Waals surface area contributed by atoms with Gasteiger partial charge in [0.15, 0.2) is 0 Å². The van der Waals surface area contributed by atoms with Gasteiger partial charge in [0.25, 0.3) is 0 Å². The molecule has 0 aromatic heterocycles. The van der Waals surface area contributed by atoms with E-state index in [4.69, 9.17) is 0 Å². The summed E-state index contributed by atoms with van der Waals surface area (Å²) in [5.74, 6) is -1.30. The van der Waals surface area contributed by atoms with E-state index < -0.39 is 23.3 Å². The molecule has 17 heavy (non-hydrogen) atoms. The first kappa shape index (κ1) is 13.9. The summed E-state index contributed by atoms with van der Waals surface area (Å²) >= 11 is 3.17. The van der Waals surface area contributed by atoms with Crippen LogP contribution in [0.4, 0.5) is 4.79 Å². The fraction of sp³-hybridized carbons (Fsp3) is 0.545. The lowest BCUT2D eigenvalue weighted by molar-refractivity contribution is -0.148. The highest BCUT2D eigenvalue weighted by atomic mass is 79.9. The SMILES string of the molecule is C=C(Br)CC1([C@H](C)CC)C(=O)NC(=O)NC1=O. The number of halogens is 1. The Hall–Kier alpha value is -1.17. The molecule has 0 aliphatic carbocycles. The molecule has 1 fully saturated rings. The van der Waals surface area contributed by atoms with Crippen molar-refractivity contribution in [2.24, 2.45) is 11.3 Å². The third-order valence-corrected chi connectivity index (χ3v) is 3.47. The molecule has 1 aliphatic rings. The van der Waals surface area contributed by atoms with Crippen molar-refractivity contribution in [3.8, 4) is 0 Å². The average molecular weight is 303 g/mol. The molecule has 1 aliphatic heterocycles. The Morgan fingerprint density at radius 3 is 2.18 bits per heavy atom. The van der Waals surface area contributed by atoms with E-state index in [2.05, 4.69) is 33.1 Å². The maximum Gasteiger partial charge on any atom is 0.328 e. The molecular formula is C11H15BrN2O3. The number of allylic oxidation sites excluding steroid dienone is 1. The van der Waals surface area contributed by atoms with Crippen LogP contribution in [-0.4, -0.2) is 17.8 Å². The lowest BCUT2D eigenvalue weighted by Crippen LogP contribution is -2.64. The van der Waals surface area contributed by atoms with Crippen LogP contribution in [-0.2, 0) is 9.59 Å². The van der Waals surface area contributed by atoms with Gasteiger partial charge in [-0.15, -0.1) is 0 Å². The Bertz CT molecular complexity index is 372. The van der Waals surface area contributed by atoms with Crippen molar-refractivity contribution >= 4 is 33.8 Å². The number of imide groups is 2. The number of nitrogens with one attached hydrogen (secondary N) is 2. The molecule has 0 aromatic carbocycles. The number of amides is 4. The second kappa shape index (κ2) is 5.00. The maximum atomic E-state index is 12.0. The van der Waals surface area contributed by atoms with Crippen LogP contribution < -0.4 is 10.6 Å². The van der Waals surface area contributed by atoms with Crippen LogP contribution in [0.25, 0.3) is 0 Å². The molecule has 0 unspecified atom stereocenters. The number of urea groups is 1. The van der Waals surface area contributed by atoms with E-state index in [-0.39, 0.29) is 12.3 Å². The summed E-state index contributed by atoms with van der Waals surface area (Å²) in [4.78, 5) is 35.1. The molecule has 1 saturated heterocycles. The van der Waals surface area contributed by atoms with E-state index in [1.165, 1.54) is 0 Å². The highest BCUT2D eigenvalue weighted by Gasteiger charge is 2.53. The predicted molar refractivity (Wildman–Crippen MR) is 66.3 cm³/mol. The number of rotatable bonds is 4. The van der Waals surface area contributed by atoms with Gasteiger partial charge < -0.3 is 0 Å². The van der Waals surface area contributed by atoms with Gasteiger partial charge in [0.1, 0.15) is 5.41 Å². The normalized spacial score (nSPS) is 20.5. The van der Waals surface area contributed by atoms with Gasteiger partial charge in [-0.25, -0.2) is 4.79 Å². The molecule has 94 valence electrons. The lowest BCUT2D eigenvalue weighted by atomic mass is 9.70. The minimum Gasteiger partial charge on any atom is -0.277 e. The number of hydrogen-bond acceptors (Lipinski definition) is 3. The molecule has 0 spiro atoms. The van der Waals surface area contributed by atoms with Crippen LogP contribution in [0.3, 0.4) is 0 Å². The third kappa shape index (κ3) is 2.41. The first-order valence-corrected chi connectivity index (χ1v) is 6.14. The van der Waals surface area contributed by atoms with E-state index in [9.17, 15) is 14.4 Å². The lowest BCUT2D eigenvalue weighted by Gasteiger charge is -2.38.